The van der Waals surface area contributed by atoms with Gasteiger partial charge < -0.3 is 15.0 Å². The van der Waals surface area contributed by atoms with E-state index in [0.717, 1.165) is 31.1 Å². The van der Waals surface area contributed by atoms with Crippen LogP contribution >= 0.6 is 0 Å². The third-order valence-corrected chi connectivity index (χ3v) is 7.87. The molecule has 0 aromatic rings. The lowest BCUT2D eigenvalue weighted by molar-refractivity contribution is -0.153. The van der Waals surface area contributed by atoms with E-state index in [9.17, 15) is 24.6 Å². The van der Waals surface area contributed by atoms with Gasteiger partial charge in [-0.15, -0.1) is 0 Å². The molecule has 0 saturated heterocycles. The average molecular weight is 358 g/mol. The molecule has 3 fully saturated rings. The van der Waals surface area contributed by atoms with Crippen molar-refractivity contribution in [1.29, 1.82) is 0 Å². The monoisotopic (exact) mass is 358 g/mol. The second-order valence-corrected chi connectivity index (χ2v) is 8.78. The number of Topliss-reactive ketones (excluding diaryl/α,β-unsaturated/α-hetero) is 1. The highest BCUT2D eigenvalue weighted by Crippen LogP contribution is 2.65. The van der Waals surface area contributed by atoms with Crippen molar-refractivity contribution in [2.45, 2.75) is 45.1 Å². The van der Waals surface area contributed by atoms with Gasteiger partial charge in [0.05, 0.1) is 6.10 Å². The molecule has 2 N–H and O–H groups in total. The van der Waals surface area contributed by atoms with E-state index in [1.165, 1.54) is 0 Å². The molecular formula is C21H26O5. The smallest absolute Gasteiger partial charge is 0.178 e. The molecule has 0 aliphatic heterocycles. The van der Waals surface area contributed by atoms with Crippen LogP contribution in [0.5, 0.6) is 0 Å². The first-order valence-electron chi connectivity index (χ1n) is 9.59. The zero-order chi connectivity index (χ0) is 18.7. The van der Waals surface area contributed by atoms with Gasteiger partial charge in [-0.1, -0.05) is 18.6 Å². The number of aliphatic hydroxyl groups is 2. The predicted octanol–water partition coefficient (Wildman–Crippen LogP) is 1.62. The summed E-state index contributed by atoms with van der Waals surface area (Å²) in [7, 11) is 0. The molecule has 0 bridgehead atoms. The van der Waals surface area contributed by atoms with Crippen molar-refractivity contribution in [3.63, 3.8) is 0 Å². The average Bonchev–Trinajstić information content (AvgIpc) is 3.00. The van der Waals surface area contributed by atoms with Gasteiger partial charge in [0.25, 0.3) is 0 Å². The maximum Gasteiger partial charge on any atom is 0.178 e. The summed E-state index contributed by atoms with van der Waals surface area (Å²) in [4.78, 5) is 36.3. The van der Waals surface area contributed by atoms with Crippen LogP contribution in [0.15, 0.2) is 23.8 Å². The van der Waals surface area contributed by atoms with E-state index in [-0.39, 0.29) is 41.2 Å². The molecule has 1 unspecified atom stereocenters. The minimum atomic E-state index is -0.855. The lowest BCUT2D eigenvalue weighted by atomic mass is 9.46. The van der Waals surface area contributed by atoms with Gasteiger partial charge in [0.15, 0.2) is 11.6 Å². The van der Waals surface area contributed by atoms with Crippen LogP contribution in [0, 0.1) is 34.5 Å². The van der Waals surface area contributed by atoms with Crippen molar-refractivity contribution in [1.82, 2.24) is 0 Å². The fraction of sp³-hybridized carbons (Fsp3) is 0.667. The number of hydrogen-bond donors (Lipinski definition) is 2. The molecule has 4 aliphatic carbocycles. The van der Waals surface area contributed by atoms with E-state index in [4.69, 9.17) is 0 Å². The second kappa shape index (κ2) is 5.96. The maximum absolute atomic E-state index is 12.3. The highest BCUT2D eigenvalue weighted by Gasteiger charge is 2.64. The molecule has 0 radical (unpaired) electrons. The first-order chi connectivity index (χ1) is 12.4. The van der Waals surface area contributed by atoms with Gasteiger partial charge in [-0.25, -0.2) is 0 Å². The molecule has 3 saturated carbocycles. The molecule has 26 heavy (non-hydrogen) atoms. The highest BCUT2D eigenvalue weighted by atomic mass is 16.3. The molecule has 140 valence electrons. The number of carbonyl (C=O) groups excluding carboxylic acids is 3. The van der Waals surface area contributed by atoms with Gasteiger partial charge in [-0.05, 0) is 56.1 Å². The number of rotatable bonds is 3. The summed E-state index contributed by atoms with van der Waals surface area (Å²) in [6.45, 7) is 1.54. The Hall–Kier alpha value is -1.59. The normalized spacial score (nSPS) is 46.8. The van der Waals surface area contributed by atoms with Gasteiger partial charge in [-0.3, -0.25) is 9.59 Å². The van der Waals surface area contributed by atoms with Crippen LogP contribution in [-0.4, -0.2) is 40.8 Å². The van der Waals surface area contributed by atoms with E-state index >= 15 is 0 Å². The van der Waals surface area contributed by atoms with Crippen LogP contribution < -0.4 is 0 Å². The zero-order valence-corrected chi connectivity index (χ0v) is 15.1. The van der Waals surface area contributed by atoms with Crippen molar-refractivity contribution >= 4 is 17.9 Å². The van der Waals surface area contributed by atoms with Crippen LogP contribution in [0.25, 0.3) is 0 Å². The summed E-state index contributed by atoms with van der Waals surface area (Å²) in [5, 5.41) is 20.4. The Kier molecular flexibility index (Phi) is 4.08. The predicted molar refractivity (Wildman–Crippen MR) is 94.0 cm³/mol. The number of fused-ring (bicyclic) bond motifs is 5. The van der Waals surface area contributed by atoms with Crippen LogP contribution in [0.3, 0.4) is 0 Å². The molecule has 7 atom stereocenters. The van der Waals surface area contributed by atoms with Gasteiger partial charge in [0, 0.05) is 22.7 Å². The van der Waals surface area contributed by atoms with Crippen molar-refractivity contribution in [2.24, 2.45) is 34.5 Å². The van der Waals surface area contributed by atoms with Crippen molar-refractivity contribution in [3.05, 3.63) is 23.8 Å². The van der Waals surface area contributed by atoms with Gasteiger partial charge >= 0.3 is 0 Å². The highest BCUT2D eigenvalue weighted by molar-refractivity contribution is 6.01. The SMILES string of the molecule is CC12C=CC(=O)C=C1CC[C@@H]1[C@@H]2[C@@H](O)C[C@@]2(C=O)[C@@H](C(=O)CO)CC[C@H]12. The fourth-order valence-electron chi connectivity index (χ4n) is 6.81. The zero-order valence-electron chi connectivity index (χ0n) is 15.1. The molecule has 0 aromatic carbocycles. The third kappa shape index (κ3) is 2.20. The molecule has 4 aliphatic rings. The topological polar surface area (TPSA) is 91.7 Å². The molecule has 0 heterocycles. The summed E-state index contributed by atoms with van der Waals surface area (Å²) < 4.78 is 0. The van der Waals surface area contributed by atoms with Crippen molar-refractivity contribution in [3.8, 4) is 0 Å². The van der Waals surface area contributed by atoms with Crippen LogP contribution in [0.2, 0.25) is 0 Å². The molecule has 5 nitrogen and oxygen atoms in total. The standard InChI is InChI=1S/C21H26O5/c1-20-7-6-13(24)8-12(20)2-3-14-15-4-5-16(18(26)10-22)21(15,11-23)9-17(25)19(14)20/h6-8,11,14-17,19,22,25H,2-5,9-10H2,1H3/t14-,15+,16+,17-,19+,20?,21-/m0/s1. The van der Waals surface area contributed by atoms with E-state index in [1.54, 1.807) is 12.2 Å². The second-order valence-electron chi connectivity index (χ2n) is 8.78. The van der Waals surface area contributed by atoms with E-state index in [1.807, 2.05) is 6.08 Å². The molecular weight excluding hydrogens is 332 g/mol. The van der Waals surface area contributed by atoms with Gasteiger partial charge in [0.1, 0.15) is 12.9 Å². The van der Waals surface area contributed by atoms with Gasteiger partial charge in [0.2, 0.25) is 0 Å². The molecule has 0 aromatic heterocycles. The largest absolute Gasteiger partial charge is 0.393 e. The molecule has 5 heteroatoms. The minimum absolute atomic E-state index is 0.00191. The van der Waals surface area contributed by atoms with E-state index < -0.39 is 24.0 Å². The number of ketones is 2. The summed E-state index contributed by atoms with van der Waals surface area (Å²) >= 11 is 0. The van der Waals surface area contributed by atoms with Gasteiger partial charge in [-0.2, -0.15) is 0 Å². The first kappa shape index (κ1) is 17.8. The van der Waals surface area contributed by atoms with E-state index in [2.05, 4.69) is 6.92 Å². The minimum Gasteiger partial charge on any atom is -0.393 e. The van der Waals surface area contributed by atoms with E-state index in [0.29, 0.717) is 6.42 Å². The summed E-state index contributed by atoms with van der Waals surface area (Å²) in [6.07, 6.45) is 8.68. The Labute approximate surface area is 153 Å². The molecule has 0 amide bonds. The quantitative estimate of drug-likeness (QED) is 0.748. The Bertz CT molecular complexity index is 722. The Balaban J connectivity index is 1.75. The first-order valence-corrected chi connectivity index (χ1v) is 9.59. The maximum atomic E-state index is 12.3. The van der Waals surface area contributed by atoms with Crippen LogP contribution in [0.4, 0.5) is 0 Å². The number of carbonyl (C=O) groups is 3. The number of hydrogen-bond acceptors (Lipinski definition) is 5. The lowest BCUT2D eigenvalue weighted by Gasteiger charge is -2.58. The Morgan fingerprint density at radius 3 is 2.81 bits per heavy atom. The summed E-state index contributed by atoms with van der Waals surface area (Å²) in [5.74, 6) is -0.626. The summed E-state index contributed by atoms with van der Waals surface area (Å²) in [6, 6.07) is 0. The van der Waals surface area contributed by atoms with Crippen molar-refractivity contribution < 1.29 is 24.6 Å². The molecule has 0 spiro atoms. The number of allylic oxidation sites excluding steroid dienone is 4. The Morgan fingerprint density at radius 1 is 1.35 bits per heavy atom. The number of aldehydes is 1. The number of aliphatic hydroxyl groups excluding tert-OH is 2. The lowest BCUT2D eigenvalue weighted by Crippen LogP contribution is -2.57. The van der Waals surface area contributed by atoms with Crippen LogP contribution in [0.1, 0.15) is 39.0 Å². The summed E-state index contributed by atoms with van der Waals surface area (Å²) in [5.41, 5.74) is -0.152. The third-order valence-electron chi connectivity index (χ3n) is 7.87. The van der Waals surface area contributed by atoms with Crippen molar-refractivity contribution in [2.75, 3.05) is 6.61 Å². The van der Waals surface area contributed by atoms with Crippen LogP contribution in [-0.2, 0) is 14.4 Å². The fourth-order valence-corrected chi connectivity index (χ4v) is 6.81. The molecule has 4 rings (SSSR count). The Morgan fingerprint density at radius 2 is 2.12 bits per heavy atom.